The second-order valence-corrected chi connectivity index (χ2v) is 12.8. The summed E-state index contributed by atoms with van der Waals surface area (Å²) in [5.41, 5.74) is 1.14. The van der Waals surface area contributed by atoms with Crippen LogP contribution in [0, 0.1) is 0 Å². The Morgan fingerprint density at radius 1 is 0.946 bits per heavy atom. The molecule has 4 rings (SSSR count). The van der Waals surface area contributed by atoms with Crippen molar-refractivity contribution in [1.82, 2.24) is 19.4 Å². The van der Waals surface area contributed by atoms with E-state index in [0.29, 0.717) is 11.1 Å². The summed E-state index contributed by atoms with van der Waals surface area (Å²) in [5.74, 6) is -0.978. The first-order valence-electron chi connectivity index (χ1n) is 12.4. The first-order chi connectivity index (χ1) is 17.3. The van der Waals surface area contributed by atoms with Gasteiger partial charge in [-0.1, -0.05) is 75.4 Å². The molecule has 0 bridgehead atoms. The van der Waals surface area contributed by atoms with E-state index in [1.165, 1.54) is 9.21 Å². The van der Waals surface area contributed by atoms with Crippen LogP contribution in [0.3, 0.4) is 0 Å². The topological polar surface area (TPSA) is 107 Å². The van der Waals surface area contributed by atoms with Gasteiger partial charge >= 0.3 is 6.03 Å². The van der Waals surface area contributed by atoms with Crippen LogP contribution in [-0.4, -0.2) is 73.1 Å². The summed E-state index contributed by atoms with van der Waals surface area (Å²) in [4.78, 5) is 41.4. The van der Waals surface area contributed by atoms with Crippen molar-refractivity contribution in [3.63, 3.8) is 0 Å². The highest BCUT2D eigenvalue weighted by Gasteiger charge is 2.50. The Hall–Kier alpha value is -3.24. The van der Waals surface area contributed by atoms with Gasteiger partial charge in [0.15, 0.2) is 0 Å². The number of urea groups is 1. The van der Waals surface area contributed by atoms with Gasteiger partial charge in [0.2, 0.25) is 15.9 Å². The lowest BCUT2D eigenvalue weighted by molar-refractivity contribution is -0.139. The van der Waals surface area contributed by atoms with Crippen molar-refractivity contribution in [1.29, 1.82) is 0 Å². The molecule has 2 aliphatic rings. The molecule has 9 nitrogen and oxygen atoms in total. The number of nitrogens with zero attached hydrogens (tertiary/aromatic N) is 3. The Kier molecular flexibility index (Phi) is 7.18. The number of carbonyl (C=O) groups excluding carboxylic acids is 3. The van der Waals surface area contributed by atoms with Gasteiger partial charge in [-0.3, -0.25) is 14.5 Å². The molecule has 2 saturated heterocycles. The van der Waals surface area contributed by atoms with Crippen LogP contribution in [-0.2, 0) is 36.3 Å². The largest absolute Gasteiger partial charge is 0.338 e. The quantitative estimate of drug-likeness (QED) is 0.582. The SMILES string of the molecule is CC(C)(C)c1ccc(C2(C)NC(=O)N(CC(=O)N3CCN(S(=O)(=O)Cc4ccccc4)CC3)C2=O)cc1. The summed E-state index contributed by atoms with van der Waals surface area (Å²) in [7, 11) is -3.52. The standard InChI is InChI=1S/C27H34N4O5S/c1-26(2,3)21-10-12-22(13-11-21)27(4)24(33)31(25(34)28-27)18-23(32)29-14-16-30(17-15-29)37(35,36)19-20-8-6-5-7-9-20/h5-13H,14-19H2,1-4H3,(H,28,34). The van der Waals surface area contributed by atoms with Gasteiger partial charge in [0.25, 0.3) is 5.91 Å². The zero-order valence-corrected chi connectivity index (χ0v) is 22.5. The minimum absolute atomic E-state index is 0.0499. The molecule has 0 radical (unpaired) electrons. The number of piperazine rings is 1. The second-order valence-electron chi connectivity index (χ2n) is 10.8. The van der Waals surface area contributed by atoms with Crippen LogP contribution < -0.4 is 5.32 Å². The van der Waals surface area contributed by atoms with Crippen molar-refractivity contribution in [2.45, 2.75) is 44.4 Å². The number of hydrogen-bond donors (Lipinski definition) is 1. The van der Waals surface area contributed by atoms with Crippen molar-refractivity contribution in [3.05, 3.63) is 71.3 Å². The van der Waals surface area contributed by atoms with Gasteiger partial charge in [-0.15, -0.1) is 0 Å². The van der Waals surface area contributed by atoms with Gasteiger partial charge in [0.1, 0.15) is 12.1 Å². The molecule has 0 aromatic heterocycles. The molecule has 4 amide bonds. The molecule has 2 aromatic rings. The van der Waals surface area contributed by atoms with E-state index in [2.05, 4.69) is 26.1 Å². The maximum atomic E-state index is 13.3. The zero-order valence-electron chi connectivity index (χ0n) is 21.7. The smallest absolute Gasteiger partial charge is 0.325 e. The lowest BCUT2D eigenvalue weighted by Gasteiger charge is -2.34. The predicted molar refractivity (Wildman–Crippen MR) is 140 cm³/mol. The minimum Gasteiger partial charge on any atom is -0.338 e. The number of rotatable bonds is 6. The molecule has 2 aliphatic heterocycles. The highest BCUT2D eigenvalue weighted by Crippen LogP contribution is 2.31. The van der Waals surface area contributed by atoms with E-state index >= 15 is 0 Å². The van der Waals surface area contributed by atoms with Crippen molar-refractivity contribution in [3.8, 4) is 0 Å². The van der Waals surface area contributed by atoms with Crippen molar-refractivity contribution >= 4 is 27.9 Å². The van der Waals surface area contributed by atoms with E-state index in [-0.39, 0.29) is 37.3 Å². The fraction of sp³-hybridized carbons (Fsp3) is 0.444. The van der Waals surface area contributed by atoms with Crippen LogP contribution in [0.15, 0.2) is 54.6 Å². The van der Waals surface area contributed by atoms with E-state index in [9.17, 15) is 22.8 Å². The molecule has 1 unspecified atom stereocenters. The van der Waals surface area contributed by atoms with Crippen LogP contribution in [0.4, 0.5) is 4.79 Å². The van der Waals surface area contributed by atoms with Crippen LogP contribution in [0.5, 0.6) is 0 Å². The first-order valence-corrected chi connectivity index (χ1v) is 14.0. The molecule has 10 heteroatoms. The van der Waals surface area contributed by atoms with E-state index in [4.69, 9.17) is 0 Å². The molecular formula is C27H34N4O5S. The van der Waals surface area contributed by atoms with E-state index in [1.807, 2.05) is 30.3 Å². The summed E-state index contributed by atoms with van der Waals surface area (Å²) in [6.07, 6.45) is 0. The Bertz CT molecular complexity index is 1280. The van der Waals surface area contributed by atoms with Gasteiger partial charge < -0.3 is 10.2 Å². The number of amides is 4. The van der Waals surface area contributed by atoms with E-state index < -0.39 is 40.0 Å². The number of carbonyl (C=O) groups is 3. The fourth-order valence-corrected chi connectivity index (χ4v) is 6.18. The molecule has 2 heterocycles. The Morgan fingerprint density at radius 3 is 2.11 bits per heavy atom. The molecular weight excluding hydrogens is 492 g/mol. The highest BCUT2D eigenvalue weighted by molar-refractivity contribution is 7.88. The normalized spacial score (nSPS) is 21.3. The second kappa shape index (κ2) is 9.90. The third-order valence-corrected chi connectivity index (χ3v) is 8.92. The average molecular weight is 527 g/mol. The van der Waals surface area contributed by atoms with Gasteiger partial charge in [0, 0.05) is 26.2 Å². The lowest BCUT2D eigenvalue weighted by Crippen LogP contribution is -2.53. The predicted octanol–water partition coefficient (Wildman–Crippen LogP) is 2.43. The fourth-order valence-electron chi connectivity index (χ4n) is 4.67. The van der Waals surface area contributed by atoms with Gasteiger partial charge in [0.05, 0.1) is 5.75 Å². The van der Waals surface area contributed by atoms with Crippen molar-refractivity contribution in [2.75, 3.05) is 32.7 Å². The Labute approximate surface area is 218 Å². The third kappa shape index (κ3) is 5.55. The summed E-state index contributed by atoms with van der Waals surface area (Å²) in [6, 6.07) is 15.9. The number of hydrogen-bond acceptors (Lipinski definition) is 5. The molecule has 1 atom stereocenters. The molecule has 198 valence electrons. The number of imide groups is 1. The maximum Gasteiger partial charge on any atom is 0.325 e. The minimum atomic E-state index is -3.52. The van der Waals surface area contributed by atoms with Crippen LogP contribution in [0.25, 0.3) is 0 Å². The average Bonchev–Trinajstić information content (AvgIpc) is 3.07. The Morgan fingerprint density at radius 2 is 1.54 bits per heavy atom. The molecule has 0 spiro atoms. The molecule has 0 saturated carbocycles. The van der Waals surface area contributed by atoms with E-state index in [0.717, 1.165) is 10.5 Å². The summed E-state index contributed by atoms with van der Waals surface area (Å²) in [5, 5.41) is 2.74. The summed E-state index contributed by atoms with van der Waals surface area (Å²) in [6.45, 7) is 8.26. The lowest BCUT2D eigenvalue weighted by atomic mass is 9.84. The molecule has 0 aliphatic carbocycles. The molecule has 1 N–H and O–H groups in total. The van der Waals surface area contributed by atoms with Crippen molar-refractivity contribution in [2.24, 2.45) is 0 Å². The first kappa shape index (κ1) is 26.8. The molecule has 37 heavy (non-hydrogen) atoms. The zero-order chi connectivity index (χ0) is 27.0. The molecule has 2 aromatic carbocycles. The van der Waals surface area contributed by atoms with Crippen molar-refractivity contribution < 1.29 is 22.8 Å². The third-order valence-electron chi connectivity index (χ3n) is 7.07. The monoisotopic (exact) mass is 526 g/mol. The Balaban J connectivity index is 1.37. The van der Waals surface area contributed by atoms with Gasteiger partial charge in [-0.25, -0.2) is 13.2 Å². The van der Waals surface area contributed by atoms with Crippen LogP contribution >= 0.6 is 0 Å². The van der Waals surface area contributed by atoms with Gasteiger partial charge in [-0.05, 0) is 29.0 Å². The van der Waals surface area contributed by atoms with Crippen LogP contribution in [0.2, 0.25) is 0 Å². The van der Waals surface area contributed by atoms with Crippen LogP contribution in [0.1, 0.15) is 44.4 Å². The summed E-state index contributed by atoms with van der Waals surface area (Å²) < 4.78 is 27.0. The number of sulfonamides is 1. The summed E-state index contributed by atoms with van der Waals surface area (Å²) >= 11 is 0. The number of nitrogens with one attached hydrogen (secondary N) is 1. The van der Waals surface area contributed by atoms with Gasteiger partial charge in [-0.2, -0.15) is 4.31 Å². The highest BCUT2D eigenvalue weighted by atomic mass is 32.2. The number of benzene rings is 2. The van der Waals surface area contributed by atoms with E-state index in [1.54, 1.807) is 31.2 Å². The maximum absolute atomic E-state index is 13.3. The molecule has 2 fully saturated rings.